The lowest BCUT2D eigenvalue weighted by atomic mass is 10.1. The molecule has 152 valence electrons. The molecule has 0 atom stereocenters. The molecule has 0 rings (SSSR count). The number of aliphatic hydroxyl groups excluding tert-OH is 3. The monoisotopic (exact) mass is 378 g/mol. The first-order chi connectivity index (χ1) is 11.8. The molecule has 0 radical (unpaired) electrons. The first kappa shape index (κ1) is 31.3. The normalized spacial score (nSPS) is 8.42. The van der Waals surface area contributed by atoms with Crippen LogP contribution in [0.3, 0.4) is 0 Å². The molecule has 0 aliphatic rings. The van der Waals surface area contributed by atoms with Crippen molar-refractivity contribution in [3.8, 4) is 0 Å². The van der Waals surface area contributed by atoms with E-state index < -0.39 is 17.9 Å². The van der Waals surface area contributed by atoms with Crippen LogP contribution in [0.5, 0.6) is 0 Å². The lowest BCUT2D eigenvalue weighted by Crippen LogP contribution is -2.12. The smallest absolute Gasteiger partial charge is 0.330 e. The van der Waals surface area contributed by atoms with Gasteiger partial charge >= 0.3 is 17.9 Å². The molecule has 0 aliphatic carbocycles. The molecule has 0 amide bonds. The Morgan fingerprint density at radius 3 is 0.923 bits per heavy atom. The molecule has 0 aromatic heterocycles. The van der Waals surface area contributed by atoms with Crippen LogP contribution < -0.4 is 0 Å². The molecule has 0 aliphatic heterocycles. The van der Waals surface area contributed by atoms with Crippen molar-refractivity contribution < 1.29 is 45.0 Å². The summed E-state index contributed by atoms with van der Waals surface area (Å²) in [6.45, 7) is 13.7. The van der Waals surface area contributed by atoms with Crippen LogP contribution >= 0.6 is 0 Å². The summed E-state index contributed by atoms with van der Waals surface area (Å²) in [6.07, 6.45) is 0.479. The molecule has 0 saturated heterocycles. The molecule has 0 unspecified atom stereocenters. The quantitative estimate of drug-likeness (QED) is 0.352. The van der Waals surface area contributed by atoms with Gasteiger partial charge in [0.2, 0.25) is 0 Å². The van der Waals surface area contributed by atoms with Crippen molar-refractivity contribution in [1.82, 2.24) is 0 Å². The van der Waals surface area contributed by atoms with E-state index in [1.165, 1.54) is 20.8 Å². The number of rotatable bonds is 7. The maximum Gasteiger partial charge on any atom is 0.330 e. The number of carboxylic acids is 3. The lowest BCUT2D eigenvalue weighted by molar-refractivity contribution is -0.133. The van der Waals surface area contributed by atoms with Gasteiger partial charge in [0.05, 0.1) is 0 Å². The van der Waals surface area contributed by atoms with E-state index in [1.807, 2.05) is 0 Å². The van der Waals surface area contributed by atoms with E-state index in [0.717, 1.165) is 0 Å². The second-order valence-electron chi connectivity index (χ2n) is 5.00. The molecule has 0 spiro atoms. The summed E-state index contributed by atoms with van der Waals surface area (Å²) in [6, 6.07) is 0. The molecule has 0 fully saturated rings. The molecule has 6 N–H and O–H groups in total. The minimum Gasteiger partial charge on any atom is -0.478 e. The number of aliphatic hydroxyl groups is 3. The predicted molar refractivity (Wildman–Crippen MR) is 96.7 cm³/mol. The Balaban J connectivity index is -0.000000125. The Kier molecular flexibility index (Phi) is 24.7. The van der Waals surface area contributed by atoms with Crippen molar-refractivity contribution in [3.63, 3.8) is 0 Å². The van der Waals surface area contributed by atoms with Gasteiger partial charge in [-0.05, 0) is 27.2 Å². The molecular weight excluding hydrogens is 348 g/mol. The Hall–Kier alpha value is -2.49. The largest absolute Gasteiger partial charge is 0.478 e. The third-order valence-electron chi connectivity index (χ3n) is 2.15. The molecule has 9 nitrogen and oxygen atoms in total. The first-order valence-electron chi connectivity index (χ1n) is 7.27. The summed E-state index contributed by atoms with van der Waals surface area (Å²) in [5, 5.41) is 48.7. The van der Waals surface area contributed by atoms with E-state index >= 15 is 0 Å². The fraction of sp³-hybridized carbons (Fsp3) is 0.471. The van der Waals surface area contributed by atoms with Gasteiger partial charge < -0.3 is 30.6 Å². The van der Waals surface area contributed by atoms with Crippen LogP contribution in [0.15, 0.2) is 36.5 Å². The highest BCUT2D eigenvalue weighted by Crippen LogP contribution is 1.97. The van der Waals surface area contributed by atoms with Crippen molar-refractivity contribution in [2.75, 3.05) is 19.8 Å². The van der Waals surface area contributed by atoms with E-state index in [2.05, 4.69) is 19.7 Å². The molecular formula is C17H30O9. The Bertz CT molecular complexity index is 370. The van der Waals surface area contributed by atoms with Crippen molar-refractivity contribution in [2.24, 2.45) is 5.92 Å². The van der Waals surface area contributed by atoms with Crippen LogP contribution in [0, 0.1) is 5.92 Å². The number of hydrogen-bond donors (Lipinski definition) is 6. The number of hydrogen-bond acceptors (Lipinski definition) is 6. The molecule has 0 heterocycles. The maximum atomic E-state index is 9.60. The van der Waals surface area contributed by atoms with Crippen LogP contribution in [0.1, 0.15) is 27.2 Å². The van der Waals surface area contributed by atoms with E-state index in [4.69, 9.17) is 30.6 Å². The fourth-order valence-electron chi connectivity index (χ4n) is 0.423. The Labute approximate surface area is 153 Å². The zero-order valence-corrected chi connectivity index (χ0v) is 15.4. The number of aliphatic carboxylic acids is 3. The first-order valence-corrected chi connectivity index (χ1v) is 7.27. The molecule has 0 aromatic carbocycles. The van der Waals surface area contributed by atoms with Crippen molar-refractivity contribution in [2.45, 2.75) is 27.2 Å². The maximum absolute atomic E-state index is 9.60. The fourth-order valence-corrected chi connectivity index (χ4v) is 0.423. The summed E-state index contributed by atoms with van der Waals surface area (Å²) >= 11 is 0. The highest BCUT2D eigenvalue weighted by molar-refractivity contribution is 5.85. The second kappa shape index (κ2) is 20.6. The van der Waals surface area contributed by atoms with Gasteiger partial charge in [0.15, 0.2) is 0 Å². The molecule has 0 saturated carbocycles. The number of carboxylic acid groups (broad SMARTS) is 3. The summed E-state index contributed by atoms with van der Waals surface area (Å²) in [7, 11) is 0. The van der Waals surface area contributed by atoms with Gasteiger partial charge in [-0.3, -0.25) is 0 Å². The minimum atomic E-state index is -0.935. The second-order valence-corrected chi connectivity index (χ2v) is 5.00. The molecule has 26 heavy (non-hydrogen) atoms. The third-order valence-corrected chi connectivity index (χ3v) is 2.15. The zero-order chi connectivity index (χ0) is 21.9. The highest BCUT2D eigenvalue weighted by atomic mass is 16.4. The average Bonchev–Trinajstić information content (AvgIpc) is 2.54. The summed E-state index contributed by atoms with van der Waals surface area (Å²) in [4.78, 5) is 28.8. The van der Waals surface area contributed by atoms with E-state index in [9.17, 15) is 14.4 Å². The Morgan fingerprint density at radius 1 is 0.692 bits per heavy atom. The Morgan fingerprint density at radius 2 is 0.885 bits per heavy atom. The average molecular weight is 378 g/mol. The van der Waals surface area contributed by atoms with Gasteiger partial charge in [0.1, 0.15) is 0 Å². The van der Waals surface area contributed by atoms with E-state index in [1.54, 1.807) is 0 Å². The summed E-state index contributed by atoms with van der Waals surface area (Å²) < 4.78 is 0. The van der Waals surface area contributed by atoms with Gasteiger partial charge in [0, 0.05) is 42.5 Å². The summed E-state index contributed by atoms with van der Waals surface area (Å²) in [5.41, 5.74) is 0.528. The lowest BCUT2D eigenvalue weighted by Gasteiger charge is -2.06. The zero-order valence-electron chi connectivity index (χ0n) is 15.4. The minimum absolute atomic E-state index is 0.0335. The molecule has 0 bridgehead atoms. The highest BCUT2D eigenvalue weighted by Gasteiger charge is 2.02. The third kappa shape index (κ3) is 33.2. The predicted octanol–water partition coefficient (Wildman–Crippen LogP) is 0.911. The topological polar surface area (TPSA) is 173 Å². The van der Waals surface area contributed by atoms with Crippen LogP contribution in [0.25, 0.3) is 0 Å². The number of carbonyl (C=O) groups is 3. The van der Waals surface area contributed by atoms with Crippen molar-refractivity contribution in [1.29, 1.82) is 0 Å². The van der Waals surface area contributed by atoms with Gasteiger partial charge in [-0.2, -0.15) is 0 Å². The van der Waals surface area contributed by atoms with Gasteiger partial charge in [-0.25, -0.2) is 14.4 Å². The van der Waals surface area contributed by atoms with E-state index in [-0.39, 0.29) is 42.5 Å². The van der Waals surface area contributed by atoms with Crippen molar-refractivity contribution >= 4 is 17.9 Å². The van der Waals surface area contributed by atoms with Crippen LogP contribution in [0.2, 0.25) is 0 Å². The van der Waals surface area contributed by atoms with Gasteiger partial charge in [-0.15, -0.1) is 0 Å². The molecule has 9 heteroatoms. The van der Waals surface area contributed by atoms with E-state index in [0.29, 0.717) is 6.42 Å². The van der Waals surface area contributed by atoms with Crippen LogP contribution in [0.4, 0.5) is 0 Å². The SMILES string of the molecule is C=C(C)C(=O)O.C=C(C)C(=O)O.C=C(C)C(=O)O.OCCC(CO)CO. The summed E-state index contributed by atoms with van der Waals surface area (Å²) in [5.74, 6) is -2.94. The van der Waals surface area contributed by atoms with Crippen LogP contribution in [-0.4, -0.2) is 68.4 Å². The molecule has 0 aromatic rings. The van der Waals surface area contributed by atoms with Gasteiger partial charge in [0.25, 0.3) is 0 Å². The van der Waals surface area contributed by atoms with Crippen LogP contribution in [-0.2, 0) is 14.4 Å². The standard InChI is InChI=1S/C5H12O3.3C4H6O2/c6-2-1-5(3-7)4-8;3*1-3(2)4(5)6/h5-8H,1-4H2;3*1H2,2H3,(H,5,6). The van der Waals surface area contributed by atoms with Gasteiger partial charge in [-0.1, -0.05) is 19.7 Å². The van der Waals surface area contributed by atoms with Crippen molar-refractivity contribution in [3.05, 3.63) is 36.5 Å².